The molecule has 0 saturated heterocycles. The van der Waals surface area contributed by atoms with Crippen molar-refractivity contribution in [3.63, 3.8) is 0 Å². The van der Waals surface area contributed by atoms with Gasteiger partial charge in [-0.3, -0.25) is 0 Å². The molecule has 0 aliphatic carbocycles. The van der Waals surface area contributed by atoms with Crippen LogP contribution in [-0.2, 0) is 4.74 Å². The average Bonchev–Trinajstić information content (AvgIpc) is 2.88. The smallest absolute Gasteiger partial charge is 0.319 e. The molecule has 0 aliphatic heterocycles. The first kappa shape index (κ1) is 16.7. The number of anilines is 1. The van der Waals surface area contributed by atoms with Gasteiger partial charge in [0.05, 0.1) is 15.2 Å². The van der Waals surface area contributed by atoms with Crippen molar-refractivity contribution in [2.45, 2.75) is 39.2 Å². The van der Waals surface area contributed by atoms with Crippen LogP contribution < -0.4 is 10.6 Å². The van der Waals surface area contributed by atoms with Crippen LogP contribution in [0.2, 0.25) is 0 Å². The first-order chi connectivity index (χ1) is 10.5. The largest absolute Gasteiger partial charge is 0.385 e. The molecule has 2 rings (SSSR count). The number of aromatic nitrogens is 1. The van der Waals surface area contributed by atoms with Crippen LogP contribution in [0.15, 0.2) is 18.2 Å². The highest BCUT2D eigenvalue weighted by Crippen LogP contribution is 2.29. The predicted molar refractivity (Wildman–Crippen MR) is 91.8 cm³/mol. The molecule has 5 nitrogen and oxygen atoms in total. The fraction of sp³-hybridized carbons (Fsp3) is 0.500. The molecule has 1 unspecified atom stereocenters. The first-order valence-electron chi connectivity index (χ1n) is 7.46. The van der Waals surface area contributed by atoms with Gasteiger partial charge in [-0.15, -0.1) is 11.3 Å². The van der Waals surface area contributed by atoms with Crippen LogP contribution in [0.25, 0.3) is 10.2 Å². The molecule has 2 aromatic rings. The minimum Gasteiger partial charge on any atom is -0.385 e. The molecule has 0 bridgehead atoms. The summed E-state index contributed by atoms with van der Waals surface area (Å²) in [4.78, 5) is 16.6. The number of ether oxygens (including phenoxy) is 1. The third kappa shape index (κ3) is 4.42. The van der Waals surface area contributed by atoms with Crippen LogP contribution in [0.1, 0.15) is 38.1 Å². The highest BCUT2D eigenvalue weighted by molar-refractivity contribution is 7.18. The number of carbonyl (C=O) groups excluding carboxylic acids is 1. The van der Waals surface area contributed by atoms with Crippen LogP contribution in [0.4, 0.5) is 10.5 Å². The van der Waals surface area contributed by atoms with Crippen molar-refractivity contribution in [1.82, 2.24) is 10.3 Å². The molecule has 1 aromatic carbocycles. The number of hydrogen-bond acceptors (Lipinski definition) is 4. The van der Waals surface area contributed by atoms with Gasteiger partial charge in [0.15, 0.2) is 0 Å². The van der Waals surface area contributed by atoms with E-state index in [1.807, 2.05) is 25.1 Å². The van der Waals surface area contributed by atoms with Crippen molar-refractivity contribution in [2.75, 3.05) is 19.0 Å². The molecule has 2 N–H and O–H groups in total. The number of rotatable bonds is 6. The van der Waals surface area contributed by atoms with Gasteiger partial charge in [-0.1, -0.05) is 13.8 Å². The van der Waals surface area contributed by atoms with Crippen LogP contribution in [0, 0.1) is 0 Å². The highest BCUT2D eigenvalue weighted by Gasteiger charge is 2.10. The normalized spacial score (nSPS) is 12.6. The summed E-state index contributed by atoms with van der Waals surface area (Å²) in [6.07, 6.45) is 0.787. The van der Waals surface area contributed by atoms with E-state index in [9.17, 15) is 4.79 Å². The SMILES string of the molecule is COCCC(C)NC(=O)Nc1ccc2nc(C(C)C)sc2c1. The van der Waals surface area contributed by atoms with E-state index in [1.165, 1.54) is 0 Å². The number of thiazole rings is 1. The Labute approximate surface area is 135 Å². The summed E-state index contributed by atoms with van der Waals surface area (Å²) in [6.45, 7) is 6.85. The Morgan fingerprint density at radius 3 is 2.82 bits per heavy atom. The maximum Gasteiger partial charge on any atom is 0.319 e. The van der Waals surface area contributed by atoms with Crippen LogP contribution in [-0.4, -0.2) is 30.8 Å². The van der Waals surface area contributed by atoms with Crippen molar-refractivity contribution in [1.29, 1.82) is 0 Å². The summed E-state index contributed by atoms with van der Waals surface area (Å²) in [7, 11) is 1.66. The average molecular weight is 321 g/mol. The summed E-state index contributed by atoms with van der Waals surface area (Å²) < 4.78 is 6.10. The van der Waals surface area contributed by atoms with Gasteiger partial charge in [-0.25, -0.2) is 9.78 Å². The minimum absolute atomic E-state index is 0.0691. The number of hydrogen-bond donors (Lipinski definition) is 2. The summed E-state index contributed by atoms with van der Waals surface area (Å²) in [5.74, 6) is 0.416. The van der Waals surface area contributed by atoms with Gasteiger partial charge in [0.1, 0.15) is 0 Å². The highest BCUT2D eigenvalue weighted by atomic mass is 32.1. The lowest BCUT2D eigenvalue weighted by atomic mass is 10.2. The van der Waals surface area contributed by atoms with Crippen molar-refractivity contribution in [3.8, 4) is 0 Å². The molecule has 22 heavy (non-hydrogen) atoms. The van der Waals surface area contributed by atoms with E-state index in [2.05, 4.69) is 29.5 Å². The lowest BCUT2D eigenvalue weighted by Gasteiger charge is -2.14. The fourth-order valence-corrected chi connectivity index (χ4v) is 3.03. The molecular formula is C16H23N3O2S. The number of methoxy groups -OCH3 is 1. The maximum atomic E-state index is 12.0. The first-order valence-corrected chi connectivity index (χ1v) is 8.28. The number of carbonyl (C=O) groups is 1. The Bertz CT molecular complexity index is 639. The van der Waals surface area contributed by atoms with Gasteiger partial charge in [0.2, 0.25) is 0 Å². The molecular weight excluding hydrogens is 298 g/mol. The van der Waals surface area contributed by atoms with Gasteiger partial charge in [-0.05, 0) is 31.5 Å². The summed E-state index contributed by atoms with van der Waals surface area (Å²) in [5.41, 5.74) is 1.76. The molecule has 2 amide bonds. The number of benzene rings is 1. The molecule has 0 radical (unpaired) electrons. The summed E-state index contributed by atoms with van der Waals surface area (Å²) in [6, 6.07) is 5.67. The molecule has 6 heteroatoms. The molecule has 1 atom stereocenters. The Balaban J connectivity index is 2.00. The van der Waals surface area contributed by atoms with E-state index in [4.69, 9.17) is 4.74 Å². The molecule has 120 valence electrons. The number of urea groups is 1. The van der Waals surface area contributed by atoms with E-state index in [0.29, 0.717) is 12.5 Å². The zero-order valence-corrected chi connectivity index (χ0v) is 14.3. The predicted octanol–water partition coefficient (Wildman–Crippen LogP) is 3.97. The Kier molecular flexibility index (Phi) is 5.74. The third-order valence-corrected chi connectivity index (χ3v) is 4.61. The number of fused-ring (bicyclic) bond motifs is 1. The zero-order chi connectivity index (χ0) is 16.1. The maximum absolute atomic E-state index is 12.0. The lowest BCUT2D eigenvalue weighted by Crippen LogP contribution is -2.36. The van der Waals surface area contributed by atoms with E-state index in [1.54, 1.807) is 18.4 Å². The topological polar surface area (TPSA) is 63.2 Å². The monoisotopic (exact) mass is 321 g/mol. The Morgan fingerprint density at radius 1 is 1.36 bits per heavy atom. The van der Waals surface area contributed by atoms with Crippen LogP contribution >= 0.6 is 11.3 Å². The fourth-order valence-electron chi connectivity index (χ4n) is 2.02. The van der Waals surface area contributed by atoms with Crippen molar-refractivity contribution in [2.24, 2.45) is 0 Å². The molecule has 0 spiro atoms. The second-order valence-electron chi connectivity index (χ2n) is 5.67. The van der Waals surface area contributed by atoms with Gasteiger partial charge in [0, 0.05) is 31.4 Å². The standard InChI is InChI=1S/C16H23N3O2S/c1-10(2)15-19-13-6-5-12(9-14(13)22-15)18-16(20)17-11(3)7-8-21-4/h5-6,9-11H,7-8H2,1-4H3,(H2,17,18,20). The van der Waals surface area contributed by atoms with Crippen molar-refractivity contribution in [3.05, 3.63) is 23.2 Å². The number of amides is 2. The zero-order valence-electron chi connectivity index (χ0n) is 13.5. The molecule has 0 aliphatic rings. The van der Waals surface area contributed by atoms with Crippen molar-refractivity contribution >= 4 is 33.3 Å². The van der Waals surface area contributed by atoms with Gasteiger partial charge in [-0.2, -0.15) is 0 Å². The van der Waals surface area contributed by atoms with Crippen molar-refractivity contribution < 1.29 is 9.53 Å². The third-order valence-electron chi connectivity index (χ3n) is 3.29. The minimum atomic E-state index is -0.198. The molecule has 0 fully saturated rings. The second kappa shape index (κ2) is 7.56. The van der Waals surface area contributed by atoms with Gasteiger partial charge in [0.25, 0.3) is 0 Å². The van der Waals surface area contributed by atoms with Crippen LogP contribution in [0.3, 0.4) is 0 Å². The lowest BCUT2D eigenvalue weighted by molar-refractivity contribution is 0.185. The van der Waals surface area contributed by atoms with E-state index < -0.39 is 0 Å². The second-order valence-corrected chi connectivity index (χ2v) is 6.73. The number of nitrogens with zero attached hydrogens (tertiary/aromatic N) is 1. The van der Waals surface area contributed by atoms with E-state index >= 15 is 0 Å². The summed E-state index contributed by atoms with van der Waals surface area (Å²) in [5, 5.41) is 6.88. The molecule has 1 aromatic heterocycles. The van der Waals surface area contributed by atoms with E-state index in [-0.39, 0.29) is 12.1 Å². The van der Waals surface area contributed by atoms with Gasteiger partial charge >= 0.3 is 6.03 Å². The Hall–Kier alpha value is -1.66. The van der Waals surface area contributed by atoms with Crippen LogP contribution in [0.5, 0.6) is 0 Å². The number of nitrogens with one attached hydrogen (secondary N) is 2. The Morgan fingerprint density at radius 2 is 2.14 bits per heavy atom. The summed E-state index contributed by atoms with van der Waals surface area (Å²) >= 11 is 1.67. The van der Waals surface area contributed by atoms with E-state index in [0.717, 1.165) is 27.3 Å². The molecule has 0 saturated carbocycles. The van der Waals surface area contributed by atoms with Gasteiger partial charge < -0.3 is 15.4 Å². The quantitative estimate of drug-likeness (QED) is 0.846. The molecule has 1 heterocycles.